The van der Waals surface area contributed by atoms with Crippen molar-refractivity contribution in [2.75, 3.05) is 13.1 Å². The molecule has 4 rings (SSSR count). The minimum Gasteiger partial charge on any atom is -0.419 e. The Labute approximate surface area is 142 Å². The molecule has 2 aromatic rings. The van der Waals surface area contributed by atoms with Gasteiger partial charge in [-0.05, 0) is 18.6 Å². The van der Waals surface area contributed by atoms with Gasteiger partial charge in [-0.25, -0.2) is 4.79 Å². The van der Waals surface area contributed by atoms with E-state index in [1.165, 1.54) is 4.90 Å². The van der Waals surface area contributed by atoms with Crippen LogP contribution < -0.4 is 0 Å². The van der Waals surface area contributed by atoms with E-state index in [-0.39, 0.29) is 18.3 Å². The Bertz CT molecular complexity index is 901. The zero-order chi connectivity index (χ0) is 17.6. The number of piperidine rings is 1. The predicted molar refractivity (Wildman–Crippen MR) is 80.1 cm³/mol. The summed E-state index contributed by atoms with van der Waals surface area (Å²) in [5.74, 6) is 0.0583. The van der Waals surface area contributed by atoms with Crippen molar-refractivity contribution in [1.82, 2.24) is 25.1 Å². The second-order valence-electron chi connectivity index (χ2n) is 5.68. The summed E-state index contributed by atoms with van der Waals surface area (Å²) in [6.45, 7) is 0.618. The Hall–Kier alpha value is -2.57. The van der Waals surface area contributed by atoms with Gasteiger partial charge in [-0.1, -0.05) is 6.07 Å². The molecule has 4 heterocycles. The van der Waals surface area contributed by atoms with Crippen LogP contribution in [0.4, 0.5) is 4.79 Å². The Kier molecular flexibility index (Phi) is 3.67. The summed E-state index contributed by atoms with van der Waals surface area (Å²) in [7, 11) is -4.82. The van der Waals surface area contributed by atoms with Crippen LogP contribution in [0.2, 0.25) is 0 Å². The van der Waals surface area contributed by atoms with E-state index >= 15 is 0 Å². The molecule has 0 radical (unpaired) electrons. The molecule has 11 nitrogen and oxygen atoms in total. The number of urea groups is 1. The number of hydrogen-bond acceptors (Lipinski definition) is 8. The summed E-state index contributed by atoms with van der Waals surface area (Å²) in [5.41, 5.74) is 0.507. The highest BCUT2D eigenvalue weighted by Crippen LogP contribution is 2.37. The van der Waals surface area contributed by atoms with Crippen LogP contribution in [0.3, 0.4) is 0 Å². The Morgan fingerprint density at radius 1 is 1.32 bits per heavy atom. The summed E-state index contributed by atoms with van der Waals surface area (Å²) >= 11 is 0. The number of hydrogen-bond donors (Lipinski definition) is 1. The molecule has 2 bridgehead atoms. The number of carbonyl (C=O) groups is 1. The second kappa shape index (κ2) is 5.75. The number of amides is 2. The maximum absolute atomic E-state index is 12.1. The van der Waals surface area contributed by atoms with Gasteiger partial charge in [0.25, 0.3) is 5.89 Å². The topological polar surface area (TPSA) is 139 Å². The Morgan fingerprint density at radius 2 is 2.16 bits per heavy atom. The third kappa shape index (κ3) is 2.94. The molecule has 0 unspecified atom stereocenters. The van der Waals surface area contributed by atoms with Crippen molar-refractivity contribution >= 4 is 16.4 Å². The highest BCUT2D eigenvalue weighted by molar-refractivity contribution is 7.80. The monoisotopic (exact) mass is 367 g/mol. The van der Waals surface area contributed by atoms with Crippen molar-refractivity contribution in [2.24, 2.45) is 0 Å². The van der Waals surface area contributed by atoms with E-state index in [1.807, 2.05) is 0 Å². The molecule has 1 N–H and O–H groups in total. The fourth-order valence-electron chi connectivity index (χ4n) is 3.08. The third-order valence-corrected chi connectivity index (χ3v) is 4.51. The van der Waals surface area contributed by atoms with Crippen LogP contribution in [0.15, 0.2) is 28.8 Å². The maximum atomic E-state index is 12.1. The van der Waals surface area contributed by atoms with Gasteiger partial charge in [-0.3, -0.25) is 9.54 Å². The standard InChI is InChI=1S/C13H13N5O6S/c19-13-17-6-4-8(10(7-17)18(13)24-25(20,21)22)11-15-16-12(23-11)9-3-1-2-5-14-9/h1-3,5,8,10H,4,6-7H2,(H,20,21,22)/t8-,10+/m1/s1. The number of nitrogens with zero attached hydrogens (tertiary/aromatic N) is 5. The summed E-state index contributed by atoms with van der Waals surface area (Å²) in [5, 5.41) is 8.62. The first-order chi connectivity index (χ1) is 11.9. The molecule has 2 aliphatic heterocycles. The van der Waals surface area contributed by atoms with E-state index < -0.39 is 28.4 Å². The van der Waals surface area contributed by atoms with Gasteiger partial charge in [0.15, 0.2) is 0 Å². The van der Waals surface area contributed by atoms with Gasteiger partial charge in [0.1, 0.15) is 5.69 Å². The lowest BCUT2D eigenvalue weighted by Gasteiger charge is -2.27. The number of carbonyl (C=O) groups excluding carboxylic acids is 1. The molecule has 2 fully saturated rings. The molecule has 2 aromatic heterocycles. The van der Waals surface area contributed by atoms with E-state index in [0.29, 0.717) is 23.7 Å². The lowest BCUT2D eigenvalue weighted by molar-refractivity contribution is -0.0392. The van der Waals surface area contributed by atoms with Crippen molar-refractivity contribution in [3.8, 4) is 11.6 Å². The van der Waals surface area contributed by atoms with Gasteiger partial charge >= 0.3 is 16.4 Å². The lowest BCUT2D eigenvalue weighted by Crippen LogP contribution is -2.39. The number of pyridine rings is 1. The van der Waals surface area contributed by atoms with Crippen LogP contribution in [0.25, 0.3) is 11.6 Å². The van der Waals surface area contributed by atoms with Gasteiger partial charge in [-0.15, -0.1) is 14.5 Å². The molecule has 0 aliphatic carbocycles. The van der Waals surface area contributed by atoms with Crippen molar-refractivity contribution in [2.45, 2.75) is 18.4 Å². The predicted octanol–water partition coefficient (Wildman–Crippen LogP) is 0.460. The third-order valence-electron chi connectivity index (χ3n) is 4.16. The van der Waals surface area contributed by atoms with E-state index in [9.17, 15) is 13.2 Å². The maximum Gasteiger partial charge on any atom is 0.418 e. The molecule has 25 heavy (non-hydrogen) atoms. The minimum absolute atomic E-state index is 0.226. The second-order valence-corrected chi connectivity index (χ2v) is 6.68. The first kappa shape index (κ1) is 15.9. The average molecular weight is 367 g/mol. The quantitative estimate of drug-likeness (QED) is 0.763. The summed E-state index contributed by atoms with van der Waals surface area (Å²) in [4.78, 5) is 17.7. The molecule has 132 valence electrons. The largest absolute Gasteiger partial charge is 0.419 e. The average Bonchev–Trinajstić information content (AvgIpc) is 3.16. The molecule has 2 saturated heterocycles. The van der Waals surface area contributed by atoms with Crippen molar-refractivity contribution in [3.63, 3.8) is 0 Å². The number of hydroxylamine groups is 2. The van der Waals surface area contributed by atoms with Crippen LogP contribution >= 0.6 is 0 Å². The highest BCUT2D eigenvalue weighted by Gasteiger charge is 2.50. The van der Waals surface area contributed by atoms with Crippen molar-refractivity contribution in [3.05, 3.63) is 30.3 Å². The van der Waals surface area contributed by atoms with Gasteiger partial charge in [0.05, 0.1) is 12.0 Å². The van der Waals surface area contributed by atoms with Crippen molar-refractivity contribution in [1.29, 1.82) is 0 Å². The fraction of sp³-hybridized carbons (Fsp3) is 0.385. The minimum atomic E-state index is -4.82. The highest BCUT2D eigenvalue weighted by atomic mass is 32.3. The van der Waals surface area contributed by atoms with E-state index in [1.54, 1.807) is 24.4 Å². The van der Waals surface area contributed by atoms with Gasteiger partial charge < -0.3 is 9.32 Å². The normalized spacial score (nSPS) is 23.3. The van der Waals surface area contributed by atoms with E-state index in [0.717, 1.165) is 0 Å². The Balaban J connectivity index is 1.63. The smallest absolute Gasteiger partial charge is 0.418 e. The van der Waals surface area contributed by atoms with Gasteiger partial charge in [0, 0.05) is 19.3 Å². The summed E-state index contributed by atoms with van der Waals surface area (Å²) < 4.78 is 41.0. The van der Waals surface area contributed by atoms with Gasteiger partial charge in [-0.2, -0.15) is 13.5 Å². The molecule has 12 heteroatoms. The molecule has 2 aliphatic rings. The zero-order valence-electron chi connectivity index (χ0n) is 12.7. The summed E-state index contributed by atoms with van der Waals surface area (Å²) in [6.07, 6.45) is 2.08. The molecule has 0 aromatic carbocycles. The van der Waals surface area contributed by atoms with Crippen molar-refractivity contribution < 1.29 is 26.5 Å². The number of aromatic nitrogens is 3. The van der Waals surface area contributed by atoms with Gasteiger partial charge in [0.2, 0.25) is 5.89 Å². The molecule has 0 saturated carbocycles. The Morgan fingerprint density at radius 3 is 2.88 bits per heavy atom. The molecular weight excluding hydrogens is 354 g/mol. The number of rotatable bonds is 4. The van der Waals surface area contributed by atoms with Crippen LogP contribution in [0.5, 0.6) is 0 Å². The molecular formula is C13H13N5O6S. The van der Waals surface area contributed by atoms with Crippen LogP contribution in [0, 0.1) is 0 Å². The molecule has 2 amide bonds. The van der Waals surface area contributed by atoms with E-state index in [2.05, 4.69) is 19.5 Å². The fourth-order valence-corrected chi connectivity index (χ4v) is 3.46. The first-order valence-corrected chi connectivity index (χ1v) is 8.79. The van der Waals surface area contributed by atoms with E-state index in [4.69, 9.17) is 8.97 Å². The molecule has 0 spiro atoms. The summed E-state index contributed by atoms with van der Waals surface area (Å²) in [6, 6.07) is 3.95. The number of fused-ring (bicyclic) bond motifs is 2. The van der Waals surface area contributed by atoms with Crippen LogP contribution in [0.1, 0.15) is 18.2 Å². The van der Waals surface area contributed by atoms with Crippen LogP contribution in [-0.4, -0.2) is 63.3 Å². The first-order valence-electron chi connectivity index (χ1n) is 7.42. The zero-order valence-corrected chi connectivity index (χ0v) is 13.5. The lowest BCUT2D eigenvalue weighted by atomic mass is 9.93. The SMILES string of the molecule is O=C1N2CC[C@@H](c3nnc(-c4ccccn4)o3)[C@H](C2)N1OS(=O)(=O)O. The molecule has 2 atom stereocenters. The van der Waals surface area contributed by atoms with Crippen LogP contribution in [-0.2, 0) is 14.7 Å².